The summed E-state index contributed by atoms with van der Waals surface area (Å²) in [5.74, 6) is 0.961. The number of likely N-dealkylation sites (tertiary alicyclic amines) is 1. The number of fused-ring (bicyclic) bond motifs is 1. The van der Waals surface area contributed by atoms with Crippen LogP contribution >= 0.6 is 0 Å². The molecule has 1 aliphatic rings. The van der Waals surface area contributed by atoms with Gasteiger partial charge in [-0.1, -0.05) is 6.92 Å². The maximum atomic E-state index is 13.8. The van der Waals surface area contributed by atoms with Gasteiger partial charge in [0.2, 0.25) is 5.89 Å². The fraction of sp³-hybridized carbons (Fsp3) is 0.550. The first-order chi connectivity index (χ1) is 13.7. The SMILES string of the molecule is CCc1nn(-c2noc(C3CCN(CCCOC)CC3)n2)c2cc(F)ccc12. The summed E-state index contributed by atoms with van der Waals surface area (Å²) in [6, 6.07) is 4.68. The first-order valence-electron chi connectivity index (χ1n) is 9.92. The van der Waals surface area contributed by atoms with Crippen molar-refractivity contribution in [2.45, 2.75) is 38.5 Å². The molecule has 3 aromatic rings. The number of aromatic nitrogens is 4. The zero-order valence-electron chi connectivity index (χ0n) is 16.4. The molecule has 28 heavy (non-hydrogen) atoms. The molecule has 0 bridgehead atoms. The molecule has 1 fully saturated rings. The Morgan fingerprint density at radius 1 is 1.29 bits per heavy atom. The number of piperidine rings is 1. The van der Waals surface area contributed by atoms with Crippen molar-refractivity contribution in [3.63, 3.8) is 0 Å². The van der Waals surface area contributed by atoms with E-state index in [9.17, 15) is 4.39 Å². The number of methoxy groups -OCH3 is 1. The van der Waals surface area contributed by atoms with Crippen LogP contribution < -0.4 is 0 Å². The molecule has 150 valence electrons. The number of nitrogens with zero attached hydrogens (tertiary/aromatic N) is 5. The summed E-state index contributed by atoms with van der Waals surface area (Å²) in [5, 5.41) is 9.62. The highest BCUT2D eigenvalue weighted by molar-refractivity contribution is 5.83. The lowest BCUT2D eigenvalue weighted by molar-refractivity contribution is 0.152. The number of halogens is 1. The molecule has 2 aromatic heterocycles. The monoisotopic (exact) mass is 387 g/mol. The van der Waals surface area contributed by atoms with Crippen LogP contribution in [0, 0.1) is 5.82 Å². The molecule has 1 aromatic carbocycles. The van der Waals surface area contributed by atoms with Crippen LogP contribution in [0.2, 0.25) is 0 Å². The smallest absolute Gasteiger partial charge is 0.291 e. The quantitative estimate of drug-likeness (QED) is 0.579. The highest BCUT2D eigenvalue weighted by atomic mass is 19.1. The molecule has 0 aliphatic carbocycles. The van der Waals surface area contributed by atoms with Crippen molar-refractivity contribution < 1.29 is 13.7 Å². The Hall–Kier alpha value is -2.32. The van der Waals surface area contributed by atoms with Gasteiger partial charge in [-0.25, -0.2) is 4.39 Å². The van der Waals surface area contributed by atoms with E-state index in [-0.39, 0.29) is 11.7 Å². The lowest BCUT2D eigenvalue weighted by Gasteiger charge is -2.30. The lowest BCUT2D eigenvalue weighted by Crippen LogP contribution is -2.34. The van der Waals surface area contributed by atoms with Crippen molar-refractivity contribution in [1.29, 1.82) is 0 Å². The fourth-order valence-corrected chi connectivity index (χ4v) is 3.88. The van der Waals surface area contributed by atoms with Gasteiger partial charge in [-0.2, -0.15) is 14.8 Å². The van der Waals surface area contributed by atoms with E-state index in [1.165, 1.54) is 12.1 Å². The predicted octanol–water partition coefficient (Wildman–Crippen LogP) is 3.33. The predicted molar refractivity (Wildman–Crippen MR) is 103 cm³/mol. The maximum Gasteiger partial charge on any atom is 0.291 e. The van der Waals surface area contributed by atoms with Gasteiger partial charge in [0.15, 0.2) is 0 Å². The van der Waals surface area contributed by atoms with E-state index in [4.69, 9.17) is 9.26 Å². The van der Waals surface area contributed by atoms with Crippen molar-refractivity contribution in [1.82, 2.24) is 24.8 Å². The minimum atomic E-state index is -0.305. The van der Waals surface area contributed by atoms with Crippen molar-refractivity contribution in [3.05, 3.63) is 35.6 Å². The molecule has 1 aliphatic heterocycles. The summed E-state index contributed by atoms with van der Waals surface area (Å²) in [5.41, 5.74) is 1.56. The summed E-state index contributed by atoms with van der Waals surface area (Å²) in [6.45, 7) is 5.91. The van der Waals surface area contributed by atoms with E-state index in [0.717, 1.165) is 63.0 Å². The van der Waals surface area contributed by atoms with Crippen molar-refractivity contribution >= 4 is 10.9 Å². The van der Waals surface area contributed by atoms with Crippen LogP contribution in [0.5, 0.6) is 0 Å². The van der Waals surface area contributed by atoms with Gasteiger partial charge in [-0.05, 0) is 56.1 Å². The minimum absolute atomic E-state index is 0.254. The van der Waals surface area contributed by atoms with Crippen LogP contribution in [0.25, 0.3) is 16.9 Å². The minimum Gasteiger partial charge on any atom is -0.385 e. The van der Waals surface area contributed by atoms with Gasteiger partial charge in [-0.15, -0.1) is 0 Å². The summed E-state index contributed by atoms with van der Waals surface area (Å²) in [6.07, 6.45) is 3.78. The number of ether oxygens (including phenoxy) is 1. The maximum absolute atomic E-state index is 13.8. The van der Waals surface area contributed by atoms with Crippen LogP contribution in [0.4, 0.5) is 4.39 Å². The van der Waals surface area contributed by atoms with Crippen molar-refractivity contribution in [2.24, 2.45) is 0 Å². The molecule has 0 amide bonds. The van der Waals surface area contributed by atoms with E-state index < -0.39 is 0 Å². The van der Waals surface area contributed by atoms with Crippen molar-refractivity contribution in [2.75, 3.05) is 33.4 Å². The second-order valence-electron chi connectivity index (χ2n) is 7.27. The molecule has 0 unspecified atom stereocenters. The Morgan fingerprint density at radius 3 is 2.86 bits per heavy atom. The first kappa shape index (κ1) is 19.0. The molecule has 0 saturated carbocycles. The van der Waals surface area contributed by atoms with E-state index >= 15 is 0 Å². The van der Waals surface area contributed by atoms with E-state index in [1.807, 2.05) is 6.92 Å². The molecule has 3 heterocycles. The third kappa shape index (κ3) is 3.79. The zero-order valence-corrected chi connectivity index (χ0v) is 16.4. The molecular formula is C20H26FN5O2. The van der Waals surface area contributed by atoms with Gasteiger partial charge in [0.1, 0.15) is 5.82 Å². The molecule has 0 radical (unpaired) electrons. The number of rotatable bonds is 7. The molecule has 1 saturated heterocycles. The summed E-state index contributed by atoms with van der Waals surface area (Å²) in [4.78, 5) is 7.04. The Kier molecular flexibility index (Phi) is 5.68. The van der Waals surface area contributed by atoms with Gasteiger partial charge >= 0.3 is 0 Å². The zero-order chi connectivity index (χ0) is 19.5. The van der Waals surface area contributed by atoms with E-state index in [2.05, 4.69) is 20.1 Å². The summed E-state index contributed by atoms with van der Waals surface area (Å²) >= 11 is 0. The molecule has 7 nitrogen and oxygen atoms in total. The van der Waals surface area contributed by atoms with Crippen LogP contribution in [0.15, 0.2) is 22.7 Å². The molecule has 8 heteroatoms. The fourth-order valence-electron chi connectivity index (χ4n) is 3.88. The molecule has 0 atom stereocenters. The second-order valence-corrected chi connectivity index (χ2v) is 7.27. The highest BCUT2D eigenvalue weighted by Gasteiger charge is 2.26. The standard InChI is InChI=1S/C20H26FN5O2/c1-3-17-16-6-5-15(21)13-18(16)26(23-17)20-22-19(28-24-20)14-7-10-25(11-8-14)9-4-12-27-2/h5-6,13-14H,3-4,7-12H2,1-2H3. The molecule has 0 spiro atoms. The van der Waals surface area contributed by atoms with E-state index in [1.54, 1.807) is 17.9 Å². The van der Waals surface area contributed by atoms with Gasteiger partial charge in [-0.3, -0.25) is 0 Å². The van der Waals surface area contributed by atoms with Gasteiger partial charge < -0.3 is 14.2 Å². The molecule has 4 rings (SSSR count). The Morgan fingerprint density at radius 2 is 2.11 bits per heavy atom. The van der Waals surface area contributed by atoms with E-state index in [0.29, 0.717) is 17.4 Å². The van der Waals surface area contributed by atoms with Gasteiger partial charge in [0, 0.05) is 37.6 Å². The Labute approximate surface area is 163 Å². The van der Waals surface area contributed by atoms with Crippen LogP contribution in [-0.4, -0.2) is 58.2 Å². The summed E-state index contributed by atoms with van der Waals surface area (Å²) in [7, 11) is 1.74. The van der Waals surface area contributed by atoms with Crippen LogP contribution in [0.1, 0.15) is 43.7 Å². The topological polar surface area (TPSA) is 69.2 Å². The Bertz CT molecular complexity index is 930. The highest BCUT2D eigenvalue weighted by Crippen LogP contribution is 2.28. The van der Waals surface area contributed by atoms with Crippen molar-refractivity contribution in [3.8, 4) is 5.95 Å². The normalized spacial score (nSPS) is 16.2. The third-order valence-electron chi connectivity index (χ3n) is 5.43. The van der Waals surface area contributed by atoms with Crippen LogP contribution in [0.3, 0.4) is 0 Å². The third-order valence-corrected chi connectivity index (χ3v) is 5.43. The largest absolute Gasteiger partial charge is 0.385 e. The van der Waals surface area contributed by atoms with Gasteiger partial charge in [0.05, 0.1) is 11.2 Å². The van der Waals surface area contributed by atoms with Crippen LogP contribution in [-0.2, 0) is 11.2 Å². The Balaban J connectivity index is 1.50. The average Bonchev–Trinajstić information content (AvgIpc) is 3.33. The number of benzene rings is 1. The molecule has 0 N–H and O–H groups in total. The molecular weight excluding hydrogens is 361 g/mol. The lowest BCUT2D eigenvalue weighted by atomic mass is 9.97. The first-order valence-corrected chi connectivity index (χ1v) is 9.92. The number of hydrogen-bond donors (Lipinski definition) is 0. The number of aryl methyl sites for hydroxylation is 1. The van der Waals surface area contributed by atoms with Gasteiger partial charge in [0.25, 0.3) is 5.95 Å². The second kappa shape index (κ2) is 8.36. The summed E-state index contributed by atoms with van der Waals surface area (Å²) < 4.78 is 26.0. The number of hydrogen-bond acceptors (Lipinski definition) is 6. The average molecular weight is 387 g/mol.